The van der Waals surface area contributed by atoms with Gasteiger partial charge in [0.25, 0.3) is 5.56 Å². The average Bonchev–Trinajstić information content (AvgIpc) is 2.03. The van der Waals surface area contributed by atoms with Crippen LogP contribution in [-0.2, 0) is 0 Å². The Morgan fingerprint density at radius 3 is 3.08 bits per heavy atom. The van der Waals surface area contributed by atoms with E-state index in [9.17, 15) is 4.79 Å². The molecule has 0 bridgehead atoms. The van der Waals surface area contributed by atoms with Gasteiger partial charge in [-0.2, -0.15) is 0 Å². The summed E-state index contributed by atoms with van der Waals surface area (Å²) >= 11 is 5.39. The molecule has 4 nitrogen and oxygen atoms in total. The fourth-order valence-electron chi connectivity index (χ4n) is 0.597. The third-order valence-corrected chi connectivity index (χ3v) is 1.26. The predicted molar refractivity (Wildman–Crippen MR) is 43.8 cm³/mol. The summed E-state index contributed by atoms with van der Waals surface area (Å²) < 4.78 is 0. The largest absolute Gasteiger partial charge is 0.384 e. The molecule has 0 spiro atoms. The Morgan fingerprint density at radius 1 is 1.75 bits per heavy atom. The van der Waals surface area contributed by atoms with Gasteiger partial charge in [0.2, 0.25) is 5.28 Å². The lowest BCUT2D eigenvalue weighted by atomic mass is 10.3. The van der Waals surface area contributed by atoms with Crippen molar-refractivity contribution >= 4 is 11.6 Å². The Kier molecular flexibility index (Phi) is 2.86. The molecule has 12 heavy (non-hydrogen) atoms. The van der Waals surface area contributed by atoms with Gasteiger partial charge in [0, 0.05) is 0 Å². The van der Waals surface area contributed by atoms with Crippen LogP contribution in [0.25, 0.3) is 0 Å². The maximum Gasteiger partial charge on any atom is 0.267 e. The molecule has 1 aromatic rings. The number of H-pyrrole nitrogens is 1. The molecule has 0 radical (unpaired) electrons. The molecule has 1 heterocycles. The minimum atomic E-state index is -0.407. The van der Waals surface area contributed by atoms with Gasteiger partial charge in [-0.1, -0.05) is 11.8 Å². The zero-order valence-electron chi connectivity index (χ0n) is 5.97. The van der Waals surface area contributed by atoms with E-state index in [0.29, 0.717) is 0 Å². The second kappa shape index (κ2) is 3.90. The fraction of sp³-hybridized carbons (Fsp3) is 0.143. The summed E-state index contributed by atoms with van der Waals surface area (Å²) in [6.07, 6.45) is 1.25. The molecule has 0 aliphatic heterocycles. The van der Waals surface area contributed by atoms with Crippen molar-refractivity contribution in [3.63, 3.8) is 0 Å². The second-order valence-electron chi connectivity index (χ2n) is 1.88. The van der Waals surface area contributed by atoms with Crippen LogP contribution in [0.4, 0.5) is 0 Å². The molecule has 0 aromatic carbocycles. The zero-order chi connectivity index (χ0) is 8.97. The zero-order valence-corrected chi connectivity index (χ0v) is 6.72. The topological polar surface area (TPSA) is 66.0 Å². The van der Waals surface area contributed by atoms with E-state index < -0.39 is 5.56 Å². The molecule has 1 rings (SSSR count). The van der Waals surface area contributed by atoms with Crippen LogP contribution in [0.1, 0.15) is 5.56 Å². The molecule has 5 heteroatoms. The van der Waals surface area contributed by atoms with E-state index >= 15 is 0 Å². The van der Waals surface area contributed by atoms with E-state index in [-0.39, 0.29) is 17.5 Å². The highest BCUT2D eigenvalue weighted by molar-refractivity contribution is 6.28. The van der Waals surface area contributed by atoms with E-state index in [0.717, 1.165) is 0 Å². The number of halogens is 1. The third kappa shape index (κ3) is 2.09. The standard InChI is InChI=1S/C7H5ClN2O2/c8-7-9-4-5(2-1-3-11)6(12)10-7/h4,11H,3H2,(H,9,10,12). The quantitative estimate of drug-likeness (QED) is 0.432. The van der Waals surface area contributed by atoms with Gasteiger partial charge in [-0.25, -0.2) is 4.98 Å². The number of aliphatic hydroxyl groups is 1. The molecule has 1 aromatic heterocycles. The smallest absolute Gasteiger partial charge is 0.267 e. The Balaban J connectivity index is 3.11. The first-order valence-corrected chi connectivity index (χ1v) is 3.46. The highest BCUT2D eigenvalue weighted by Crippen LogP contribution is 1.93. The summed E-state index contributed by atoms with van der Waals surface area (Å²) in [5, 5.41) is 8.36. The summed E-state index contributed by atoms with van der Waals surface area (Å²) in [6.45, 7) is -0.290. The van der Waals surface area contributed by atoms with Crippen LogP contribution in [-0.4, -0.2) is 21.7 Å². The normalized spacial score (nSPS) is 8.83. The van der Waals surface area contributed by atoms with Crippen molar-refractivity contribution in [2.45, 2.75) is 0 Å². The first-order chi connectivity index (χ1) is 5.74. The fourth-order valence-corrected chi connectivity index (χ4v) is 0.732. The summed E-state index contributed by atoms with van der Waals surface area (Å²) in [5.74, 6) is 4.75. The van der Waals surface area contributed by atoms with Gasteiger partial charge < -0.3 is 5.11 Å². The minimum Gasteiger partial charge on any atom is -0.384 e. The van der Waals surface area contributed by atoms with Crippen molar-refractivity contribution in [2.75, 3.05) is 6.61 Å². The van der Waals surface area contributed by atoms with Crippen molar-refractivity contribution in [1.29, 1.82) is 0 Å². The number of rotatable bonds is 0. The summed E-state index contributed by atoms with van der Waals surface area (Å²) in [4.78, 5) is 16.9. The lowest BCUT2D eigenvalue weighted by molar-refractivity contribution is 0.350. The van der Waals surface area contributed by atoms with Gasteiger partial charge in [-0.3, -0.25) is 9.78 Å². The SMILES string of the molecule is O=c1[nH]c(Cl)ncc1C#CCO. The lowest BCUT2D eigenvalue weighted by Crippen LogP contribution is -2.10. The Labute approximate surface area is 73.2 Å². The molecule has 0 saturated carbocycles. The summed E-state index contributed by atoms with van der Waals surface area (Å²) in [6, 6.07) is 0. The van der Waals surface area contributed by atoms with Crippen LogP contribution in [0.5, 0.6) is 0 Å². The van der Waals surface area contributed by atoms with Gasteiger partial charge in [-0.05, 0) is 11.6 Å². The van der Waals surface area contributed by atoms with Crippen molar-refractivity contribution in [1.82, 2.24) is 9.97 Å². The average molecular weight is 185 g/mol. The maximum absolute atomic E-state index is 11.0. The third-order valence-electron chi connectivity index (χ3n) is 1.07. The van der Waals surface area contributed by atoms with Gasteiger partial charge >= 0.3 is 0 Å². The first-order valence-electron chi connectivity index (χ1n) is 3.08. The minimum absolute atomic E-state index is 0.0227. The highest BCUT2D eigenvalue weighted by Gasteiger charge is 1.95. The number of nitrogens with zero attached hydrogens (tertiary/aromatic N) is 1. The number of aromatic amines is 1. The van der Waals surface area contributed by atoms with E-state index in [1.165, 1.54) is 6.20 Å². The van der Waals surface area contributed by atoms with E-state index in [1.807, 2.05) is 0 Å². The van der Waals surface area contributed by atoms with E-state index in [2.05, 4.69) is 21.8 Å². The molecular weight excluding hydrogens is 180 g/mol. The Bertz CT molecular complexity index is 388. The first kappa shape index (κ1) is 8.78. The molecule has 0 unspecified atom stereocenters. The van der Waals surface area contributed by atoms with Crippen LogP contribution in [0.2, 0.25) is 5.28 Å². The molecule has 0 amide bonds. The molecule has 0 aliphatic rings. The molecule has 0 fully saturated rings. The van der Waals surface area contributed by atoms with Gasteiger partial charge in [0.05, 0.1) is 6.20 Å². The summed E-state index contributed by atoms with van der Waals surface area (Å²) in [5.41, 5.74) is -0.218. The van der Waals surface area contributed by atoms with E-state index in [1.54, 1.807) is 0 Å². The van der Waals surface area contributed by atoms with Crippen molar-refractivity contribution in [3.05, 3.63) is 27.4 Å². The molecule has 0 atom stereocenters. The van der Waals surface area contributed by atoms with Crippen molar-refractivity contribution in [2.24, 2.45) is 0 Å². The Morgan fingerprint density at radius 2 is 2.50 bits per heavy atom. The van der Waals surface area contributed by atoms with Crippen molar-refractivity contribution in [3.8, 4) is 11.8 Å². The van der Waals surface area contributed by atoms with Crippen LogP contribution >= 0.6 is 11.6 Å². The number of aromatic nitrogens is 2. The van der Waals surface area contributed by atoms with Gasteiger partial charge in [-0.15, -0.1) is 0 Å². The van der Waals surface area contributed by atoms with Crippen LogP contribution in [0.3, 0.4) is 0 Å². The second-order valence-corrected chi connectivity index (χ2v) is 2.23. The molecular formula is C7H5ClN2O2. The molecule has 0 saturated heterocycles. The van der Waals surface area contributed by atoms with Crippen LogP contribution in [0.15, 0.2) is 11.0 Å². The maximum atomic E-state index is 11.0. The monoisotopic (exact) mass is 184 g/mol. The van der Waals surface area contributed by atoms with E-state index in [4.69, 9.17) is 16.7 Å². The number of nitrogens with one attached hydrogen (secondary N) is 1. The van der Waals surface area contributed by atoms with Gasteiger partial charge in [0.15, 0.2) is 0 Å². The van der Waals surface area contributed by atoms with Crippen LogP contribution < -0.4 is 5.56 Å². The lowest BCUT2D eigenvalue weighted by Gasteiger charge is -1.88. The number of aliphatic hydroxyl groups excluding tert-OH is 1. The predicted octanol–water partition coefficient (Wildman–Crippen LogP) is -0.233. The highest BCUT2D eigenvalue weighted by atomic mass is 35.5. The molecule has 2 N–H and O–H groups in total. The van der Waals surface area contributed by atoms with Crippen LogP contribution in [0, 0.1) is 11.8 Å². The Hall–Kier alpha value is -1.31. The molecule has 0 aliphatic carbocycles. The number of hydrogen-bond donors (Lipinski definition) is 2. The van der Waals surface area contributed by atoms with Gasteiger partial charge in [0.1, 0.15) is 12.2 Å². The summed E-state index contributed by atoms with van der Waals surface area (Å²) in [7, 11) is 0. The number of hydrogen-bond acceptors (Lipinski definition) is 3. The van der Waals surface area contributed by atoms with Crippen molar-refractivity contribution < 1.29 is 5.11 Å². The molecule has 62 valence electrons.